The quantitative estimate of drug-likeness (QED) is 0.782. The van der Waals surface area contributed by atoms with Crippen molar-refractivity contribution in [3.05, 3.63) is 59.9 Å². The number of hydrogen-bond donors (Lipinski definition) is 1. The van der Waals surface area contributed by atoms with Crippen LogP contribution in [0.25, 0.3) is 0 Å². The Bertz CT molecular complexity index is 1010. The lowest BCUT2D eigenvalue weighted by molar-refractivity contribution is -0.134. The molecule has 3 unspecified atom stereocenters. The van der Waals surface area contributed by atoms with Crippen molar-refractivity contribution < 1.29 is 18.8 Å². The van der Waals surface area contributed by atoms with Crippen molar-refractivity contribution >= 4 is 29.1 Å². The van der Waals surface area contributed by atoms with Gasteiger partial charge in [0.25, 0.3) is 0 Å². The molecule has 0 saturated carbocycles. The van der Waals surface area contributed by atoms with Crippen molar-refractivity contribution in [2.24, 2.45) is 11.8 Å². The molecule has 1 N–H and O–H groups in total. The molecule has 1 spiro atoms. The lowest BCUT2D eigenvalue weighted by atomic mass is 9.77. The van der Waals surface area contributed by atoms with Crippen molar-refractivity contribution in [2.45, 2.75) is 5.54 Å². The maximum atomic E-state index is 13.3. The number of fused-ring (bicyclic) bond motifs is 4. The van der Waals surface area contributed by atoms with Gasteiger partial charge in [-0.3, -0.25) is 19.3 Å². The summed E-state index contributed by atoms with van der Waals surface area (Å²) in [5.41, 5.74) is 0.496. The van der Waals surface area contributed by atoms with E-state index in [4.69, 9.17) is 0 Å². The molecule has 2 aromatic rings. The standard InChI is InChI=1S/C20H16FN3O3/c1-23-10-13-16(20(23)14-4-2-3-5-15(14)22-19(20)27)18(26)24(17(13)25)12-8-6-11(21)7-9-12/h2-9,13,16H,10H2,1H3,(H,22,27). The van der Waals surface area contributed by atoms with Gasteiger partial charge in [-0.15, -0.1) is 0 Å². The summed E-state index contributed by atoms with van der Waals surface area (Å²) < 4.78 is 13.3. The Morgan fingerprint density at radius 2 is 1.74 bits per heavy atom. The SMILES string of the molecule is CN1CC2C(=O)N(c3ccc(F)cc3)C(=O)C2C12C(=O)Nc1ccccc12. The molecule has 0 bridgehead atoms. The summed E-state index contributed by atoms with van der Waals surface area (Å²) in [5.74, 6) is -2.95. The number of imide groups is 1. The van der Waals surface area contributed by atoms with Crippen molar-refractivity contribution in [1.82, 2.24) is 4.90 Å². The van der Waals surface area contributed by atoms with Crippen LogP contribution < -0.4 is 10.2 Å². The molecular formula is C20H16FN3O3. The highest BCUT2D eigenvalue weighted by molar-refractivity contribution is 6.25. The molecule has 2 aromatic carbocycles. The normalized spacial score (nSPS) is 29.4. The number of para-hydroxylation sites is 1. The van der Waals surface area contributed by atoms with E-state index in [2.05, 4.69) is 5.32 Å². The molecule has 5 rings (SSSR count). The summed E-state index contributed by atoms with van der Waals surface area (Å²) in [7, 11) is 1.77. The average Bonchev–Trinajstić information content (AvgIpc) is 3.21. The van der Waals surface area contributed by atoms with Crippen molar-refractivity contribution in [3.8, 4) is 0 Å². The Balaban J connectivity index is 1.66. The molecule has 136 valence electrons. The fourth-order valence-electron chi connectivity index (χ4n) is 4.85. The molecule has 3 aliphatic heterocycles. The molecule has 3 atom stereocenters. The van der Waals surface area contributed by atoms with E-state index in [1.807, 2.05) is 18.2 Å². The lowest BCUT2D eigenvalue weighted by Crippen LogP contribution is -2.52. The van der Waals surface area contributed by atoms with E-state index in [1.165, 1.54) is 24.3 Å². The van der Waals surface area contributed by atoms with Crippen LogP contribution in [-0.2, 0) is 19.9 Å². The summed E-state index contributed by atoms with van der Waals surface area (Å²) in [6.45, 7) is 0.300. The molecule has 0 aliphatic carbocycles. The van der Waals surface area contributed by atoms with Crippen LogP contribution in [0.5, 0.6) is 0 Å². The Labute approximate surface area is 154 Å². The van der Waals surface area contributed by atoms with Crippen LogP contribution in [-0.4, -0.2) is 36.2 Å². The number of amides is 3. The number of benzene rings is 2. The highest BCUT2D eigenvalue weighted by Gasteiger charge is 2.70. The molecule has 27 heavy (non-hydrogen) atoms. The van der Waals surface area contributed by atoms with Gasteiger partial charge in [-0.05, 0) is 37.4 Å². The highest BCUT2D eigenvalue weighted by Crippen LogP contribution is 2.55. The first-order chi connectivity index (χ1) is 13.0. The lowest BCUT2D eigenvalue weighted by Gasteiger charge is -2.34. The Morgan fingerprint density at radius 1 is 1.04 bits per heavy atom. The molecular weight excluding hydrogens is 349 g/mol. The molecule has 6 nitrogen and oxygen atoms in total. The summed E-state index contributed by atoms with van der Waals surface area (Å²) in [4.78, 5) is 42.4. The van der Waals surface area contributed by atoms with Gasteiger partial charge in [0.1, 0.15) is 11.4 Å². The third kappa shape index (κ3) is 1.84. The van der Waals surface area contributed by atoms with E-state index in [0.717, 1.165) is 4.90 Å². The van der Waals surface area contributed by atoms with Crippen LogP contribution in [0.15, 0.2) is 48.5 Å². The average molecular weight is 365 g/mol. The molecule has 3 amide bonds. The number of anilines is 2. The largest absolute Gasteiger partial charge is 0.324 e. The fraction of sp³-hybridized carbons (Fsp3) is 0.250. The van der Waals surface area contributed by atoms with Crippen molar-refractivity contribution in [2.75, 3.05) is 23.8 Å². The summed E-state index contributed by atoms with van der Waals surface area (Å²) in [6.07, 6.45) is 0. The number of likely N-dealkylation sites (N-methyl/N-ethyl adjacent to an activating group) is 1. The molecule has 3 aliphatic rings. The molecule has 0 aromatic heterocycles. The van der Waals surface area contributed by atoms with E-state index >= 15 is 0 Å². The Hall–Kier alpha value is -3.06. The summed E-state index contributed by atoms with van der Waals surface area (Å²) >= 11 is 0. The van der Waals surface area contributed by atoms with Gasteiger partial charge < -0.3 is 5.32 Å². The van der Waals surface area contributed by atoms with Gasteiger partial charge in [-0.2, -0.15) is 0 Å². The number of nitrogens with zero attached hydrogens (tertiary/aromatic N) is 2. The van der Waals surface area contributed by atoms with E-state index in [-0.39, 0.29) is 11.8 Å². The molecule has 7 heteroatoms. The molecule has 2 saturated heterocycles. The Morgan fingerprint density at radius 3 is 2.48 bits per heavy atom. The third-order valence-electron chi connectivity index (χ3n) is 5.97. The predicted octanol–water partition coefficient (Wildman–Crippen LogP) is 1.72. The Kier molecular flexibility index (Phi) is 3.13. The van der Waals surface area contributed by atoms with Gasteiger partial charge >= 0.3 is 0 Å². The first-order valence-corrected chi connectivity index (χ1v) is 8.72. The smallest absolute Gasteiger partial charge is 0.250 e. The zero-order valence-corrected chi connectivity index (χ0v) is 14.5. The van der Waals surface area contributed by atoms with Gasteiger partial charge in [0.05, 0.1) is 17.5 Å². The van der Waals surface area contributed by atoms with Crippen LogP contribution >= 0.6 is 0 Å². The number of halogens is 1. The van der Waals surface area contributed by atoms with Gasteiger partial charge in [0, 0.05) is 17.8 Å². The minimum absolute atomic E-state index is 0.291. The van der Waals surface area contributed by atoms with E-state index in [0.29, 0.717) is 23.5 Å². The monoisotopic (exact) mass is 365 g/mol. The number of nitrogens with one attached hydrogen (secondary N) is 1. The van der Waals surface area contributed by atoms with Crippen LogP contribution in [0.3, 0.4) is 0 Å². The minimum atomic E-state index is -1.21. The zero-order valence-electron chi connectivity index (χ0n) is 14.5. The topological polar surface area (TPSA) is 69.7 Å². The molecule has 0 radical (unpaired) electrons. The van der Waals surface area contributed by atoms with Crippen LogP contribution in [0.2, 0.25) is 0 Å². The first-order valence-electron chi connectivity index (χ1n) is 8.72. The van der Waals surface area contributed by atoms with Crippen LogP contribution in [0.4, 0.5) is 15.8 Å². The third-order valence-corrected chi connectivity index (χ3v) is 5.97. The van der Waals surface area contributed by atoms with Gasteiger partial charge in [0.2, 0.25) is 17.7 Å². The van der Waals surface area contributed by atoms with Crippen LogP contribution in [0, 0.1) is 17.7 Å². The first kappa shape index (κ1) is 16.1. The minimum Gasteiger partial charge on any atom is -0.324 e. The number of carbonyl (C=O) groups excluding carboxylic acids is 3. The number of hydrogen-bond acceptors (Lipinski definition) is 4. The predicted molar refractivity (Wildman–Crippen MR) is 95.3 cm³/mol. The van der Waals surface area contributed by atoms with Crippen LogP contribution in [0.1, 0.15) is 5.56 Å². The van der Waals surface area contributed by atoms with E-state index in [1.54, 1.807) is 18.0 Å². The van der Waals surface area contributed by atoms with Gasteiger partial charge in [-0.25, -0.2) is 9.29 Å². The summed E-state index contributed by atoms with van der Waals surface area (Å²) in [6, 6.07) is 12.5. The highest BCUT2D eigenvalue weighted by atomic mass is 19.1. The number of carbonyl (C=O) groups is 3. The number of rotatable bonds is 1. The summed E-state index contributed by atoms with van der Waals surface area (Å²) in [5, 5.41) is 2.86. The van der Waals surface area contributed by atoms with E-state index in [9.17, 15) is 18.8 Å². The molecule has 3 heterocycles. The van der Waals surface area contributed by atoms with Crippen molar-refractivity contribution in [1.29, 1.82) is 0 Å². The number of likely N-dealkylation sites (tertiary alicyclic amines) is 1. The maximum absolute atomic E-state index is 13.3. The van der Waals surface area contributed by atoms with Crippen molar-refractivity contribution in [3.63, 3.8) is 0 Å². The molecule has 2 fully saturated rings. The second kappa shape index (κ2) is 5.23. The fourth-order valence-corrected chi connectivity index (χ4v) is 4.85. The maximum Gasteiger partial charge on any atom is 0.250 e. The van der Waals surface area contributed by atoms with E-state index < -0.39 is 29.1 Å². The van der Waals surface area contributed by atoms with Gasteiger partial charge in [-0.1, -0.05) is 18.2 Å². The second-order valence-corrected chi connectivity index (χ2v) is 7.22. The zero-order chi connectivity index (χ0) is 18.9. The second-order valence-electron chi connectivity index (χ2n) is 7.22. The van der Waals surface area contributed by atoms with Gasteiger partial charge in [0.15, 0.2) is 0 Å².